The largest absolute Gasteiger partial charge is 0.316 e. The van der Waals surface area contributed by atoms with E-state index < -0.39 is 0 Å². The zero-order valence-corrected chi connectivity index (χ0v) is 15.7. The molecule has 1 amide bonds. The Morgan fingerprint density at radius 2 is 2.29 bits per heavy atom. The van der Waals surface area contributed by atoms with Gasteiger partial charge in [0.1, 0.15) is 0 Å². The first-order chi connectivity index (χ1) is 11.7. The van der Waals surface area contributed by atoms with Crippen molar-refractivity contribution in [3.8, 4) is 10.7 Å². The molecule has 2 aromatic rings. The molecule has 1 aliphatic rings. The van der Waals surface area contributed by atoms with Gasteiger partial charge in [-0.25, -0.2) is 0 Å². The van der Waals surface area contributed by atoms with Crippen molar-refractivity contribution in [2.24, 2.45) is 7.05 Å². The minimum Gasteiger partial charge on any atom is -0.316 e. The molecule has 0 aromatic carbocycles. The van der Waals surface area contributed by atoms with Crippen LogP contribution in [-0.2, 0) is 11.8 Å². The molecule has 0 bridgehead atoms. The summed E-state index contributed by atoms with van der Waals surface area (Å²) >= 11 is 3.10. The molecule has 5 nitrogen and oxygen atoms in total. The van der Waals surface area contributed by atoms with Crippen LogP contribution in [0.25, 0.3) is 10.7 Å². The first-order valence-corrected chi connectivity index (χ1v) is 10.1. The van der Waals surface area contributed by atoms with Gasteiger partial charge < -0.3 is 9.47 Å². The summed E-state index contributed by atoms with van der Waals surface area (Å²) in [4.78, 5) is 15.6. The van der Waals surface area contributed by atoms with Gasteiger partial charge in [-0.3, -0.25) is 4.79 Å². The Labute approximate surface area is 150 Å². The van der Waals surface area contributed by atoms with E-state index in [4.69, 9.17) is 0 Å². The van der Waals surface area contributed by atoms with Gasteiger partial charge in [-0.05, 0) is 44.1 Å². The van der Waals surface area contributed by atoms with Gasteiger partial charge in [-0.1, -0.05) is 23.9 Å². The number of nitrogens with zero attached hydrogens (tertiary/aromatic N) is 4. The number of thioether (sulfide) groups is 1. The van der Waals surface area contributed by atoms with Gasteiger partial charge in [0.2, 0.25) is 5.91 Å². The van der Waals surface area contributed by atoms with Crippen molar-refractivity contribution in [2.45, 2.75) is 37.8 Å². The predicted octanol–water partition coefficient (Wildman–Crippen LogP) is 3.94. The van der Waals surface area contributed by atoms with Gasteiger partial charge in [-0.2, -0.15) is 0 Å². The van der Waals surface area contributed by atoms with Gasteiger partial charge in [-0.15, -0.1) is 21.5 Å². The smallest absolute Gasteiger partial charge is 0.237 e. The summed E-state index contributed by atoms with van der Waals surface area (Å²) in [5.74, 6) is 1.39. The minimum absolute atomic E-state index is 0.149. The maximum absolute atomic E-state index is 12.6. The SMILES string of the molecule is CCN(C(=O)CSc1nnc(-c2cccs2)n1C)C1=CCCCC1. The van der Waals surface area contributed by atoms with E-state index >= 15 is 0 Å². The van der Waals surface area contributed by atoms with Crippen LogP contribution in [-0.4, -0.2) is 37.9 Å². The Kier molecular flexibility index (Phi) is 5.73. The summed E-state index contributed by atoms with van der Waals surface area (Å²) in [5.41, 5.74) is 1.19. The molecule has 0 unspecified atom stereocenters. The second kappa shape index (κ2) is 7.98. The molecule has 7 heteroatoms. The molecule has 1 aliphatic carbocycles. The summed E-state index contributed by atoms with van der Waals surface area (Å²) in [7, 11) is 1.95. The fourth-order valence-corrected chi connectivity index (χ4v) is 4.40. The highest BCUT2D eigenvalue weighted by Gasteiger charge is 2.19. The van der Waals surface area contributed by atoms with Crippen LogP contribution >= 0.6 is 23.1 Å². The lowest BCUT2D eigenvalue weighted by Crippen LogP contribution is -2.32. The molecule has 0 atom stereocenters. The van der Waals surface area contributed by atoms with Crippen LogP contribution in [0.15, 0.2) is 34.4 Å². The molecule has 128 valence electrons. The monoisotopic (exact) mass is 362 g/mol. The van der Waals surface area contributed by atoms with E-state index in [1.807, 2.05) is 41.0 Å². The lowest BCUT2D eigenvalue weighted by Gasteiger charge is -2.26. The number of aromatic nitrogens is 3. The summed E-state index contributed by atoms with van der Waals surface area (Å²) in [5, 5.41) is 11.3. The number of allylic oxidation sites excluding steroid dienone is 2. The highest BCUT2D eigenvalue weighted by Crippen LogP contribution is 2.27. The van der Waals surface area contributed by atoms with Crippen molar-refractivity contribution in [3.63, 3.8) is 0 Å². The van der Waals surface area contributed by atoms with Crippen LogP contribution in [0.3, 0.4) is 0 Å². The number of amides is 1. The number of hydrogen-bond donors (Lipinski definition) is 0. The van der Waals surface area contributed by atoms with Crippen molar-refractivity contribution >= 4 is 29.0 Å². The standard InChI is InChI=1S/C17H22N4OS2/c1-3-21(13-8-5-4-6-9-13)15(22)12-24-17-19-18-16(20(17)2)14-10-7-11-23-14/h7-8,10-11H,3-6,9,12H2,1-2H3. The summed E-state index contributed by atoms with van der Waals surface area (Å²) < 4.78 is 1.96. The Morgan fingerprint density at radius 1 is 1.42 bits per heavy atom. The van der Waals surface area contributed by atoms with Crippen molar-refractivity contribution < 1.29 is 4.79 Å². The molecule has 0 N–H and O–H groups in total. The quantitative estimate of drug-likeness (QED) is 0.730. The summed E-state index contributed by atoms with van der Waals surface area (Å²) in [6.45, 7) is 2.76. The number of thiophene rings is 1. The van der Waals surface area contributed by atoms with E-state index in [-0.39, 0.29) is 5.91 Å². The Morgan fingerprint density at radius 3 is 2.96 bits per heavy atom. The normalized spacial score (nSPS) is 14.5. The van der Waals surface area contributed by atoms with Crippen LogP contribution in [0.4, 0.5) is 0 Å². The zero-order valence-electron chi connectivity index (χ0n) is 14.1. The zero-order chi connectivity index (χ0) is 16.9. The first kappa shape index (κ1) is 17.2. The summed E-state index contributed by atoms with van der Waals surface area (Å²) in [6, 6.07) is 4.03. The topological polar surface area (TPSA) is 51.0 Å². The molecule has 0 radical (unpaired) electrons. The van der Waals surface area contributed by atoms with E-state index in [1.54, 1.807) is 11.3 Å². The van der Waals surface area contributed by atoms with Crippen molar-refractivity contribution in [3.05, 3.63) is 29.3 Å². The minimum atomic E-state index is 0.149. The lowest BCUT2D eigenvalue weighted by atomic mass is 10.0. The molecule has 0 fully saturated rings. The van der Waals surface area contributed by atoms with Gasteiger partial charge in [0.25, 0.3) is 0 Å². The lowest BCUT2D eigenvalue weighted by molar-refractivity contribution is -0.126. The average Bonchev–Trinajstić information content (AvgIpc) is 3.24. The predicted molar refractivity (Wildman–Crippen MR) is 99.0 cm³/mol. The highest BCUT2D eigenvalue weighted by atomic mass is 32.2. The molecule has 3 rings (SSSR count). The van der Waals surface area contributed by atoms with E-state index in [0.717, 1.165) is 35.2 Å². The van der Waals surface area contributed by atoms with E-state index in [0.29, 0.717) is 5.75 Å². The van der Waals surface area contributed by atoms with Crippen molar-refractivity contribution in [1.82, 2.24) is 19.7 Å². The first-order valence-electron chi connectivity index (χ1n) is 8.26. The van der Waals surface area contributed by atoms with Gasteiger partial charge in [0.15, 0.2) is 11.0 Å². The Hall–Kier alpha value is -1.60. The second-order valence-electron chi connectivity index (χ2n) is 5.71. The van der Waals surface area contributed by atoms with Crippen LogP contribution in [0, 0.1) is 0 Å². The van der Waals surface area contributed by atoms with Gasteiger partial charge >= 0.3 is 0 Å². The fraction of sp³-hybridized carbons (Fsp3) is 0.471. The molecule has 2 aromatic heterocycles. The van der Waals surface area contributed by atoms with Crippen molar-refractivity contribution in [1.29, 1.82) is 0 Å². The highest BCUT2D eigenvalue weighted by molar-refractivity contribution is 7.99. The molecular formula is C17H22N4OS2. The van der Waals surface area contributed by atoms with E-state index in [2.05, 4.69) is 16.3 Å². The van der Waals surface area contributed by atoms with E-state index in [1.165, 1.54) is 30.3 Å². The molecule has 24 heavy (non-hydrogen) atoms. The van der Waals surface area contributed by atoms with Crippen LogP contribution in [0.2, 0.25) is 0 Å². The molecule has 2 heterocycles. The molecule has 0 saturated heterocycles. The maximum Gasteiger partial charge on any atom is 0.237 e. The number of rotatable bonds is 6. The maximum atomic E-state index is 12.6. The third kappa shape index (κ3) is 3.72. The van der Waals surface area contributed by atoms with E-state index in [9.17, 15) is 4.79 Å². The molecule has 0 spiro atoms. The number of hydrogen-bond acceptors (Lipinski definition) is 5. The second-order valence-corrected chi connectivity index (χ2v) is 7.60. The fourth-order valence-electron chi connectivity index (χ4n) is 2.87. The number of carbonyl (C=O) groups excluding carboxylic acids is 1. The van der Waals surface area contributed by atoms with Crippen LogP contribution in [0.5, 0.6) is 0 Å². The number of carbonyl (C=O) groups is 1. The Balaban J connectivity index is 1.65. The third-order valence-corrected chi connectivity index (χ3v) is 6.00. The van der Waals surface area contributed by atoms with Crippen LogP contribution < -0.4 is 0 Å². The van der Waals surface area contributed by atoms with Gasteiger partial charge in [0, 0.05) is 19.3 Å². The third-order valence-electron chi connectivity index (χ3n) is 4.13. The van der Waals surface area contributed by atoms with Crippen LogP contribution in [0.1, 0.15) is 32.6 Å². The van der Waals surface area contributed by atoms with Crippen molar-refractivity contribution in [2.75, 3.05) is 12.3 Å². The summed E-state index contributed by atoms with van der Waals surface area (Å²) in [6.07, 6.45) is 6.72. The molecular weight excluding hydrogens is 340 g/mol. The molecule has 0 aliphatic heterocycles. The average molecular weight is 363 g/mol. The Bertz CT molecular complexity index is 721. The molecule has 0 saturated carbocycles. The van der Waals surface area contributed by atoms with Gasteiger partial charge in [0.05, 0.1) is 10.6 Å².